The van der Waals surface area contributed by atoms with E-state index in [9.17, 15) is 14.0 Å². The molecule has 2 fully saturated rings. The summed E-state index contributed by atoms with van der Waals surface area (Å²) in [5.41, 5.74) is 0.511. The van der Waals surface area contributed by atoms with Gasteiger partial charge in [-0.25, -0.2) is 4.39 Å². The molecule has 7 nitrogen and oxygen atoms in total. The Labute approximate surface area is 181 Å². The lowest BCUT2D eigenvalue weighted by molar-refractivity contribution is 0.0712. The van der Waals surface area contributed by atoms with Gasteiger partial charge in [-0.05, 0) is 44.0 Å². The zero-order chi connectivity index (χ0) is 20.2. The van der Waals surface area contributed by atoms with Crippen LogP contribution in [0.2, 0.25) is 0 Å². The van der Waals surface area contributed by atoms with Crippen molar-refractivity contribution in [3.05, 3.63) is 53.6 Å². The molecule has 9 heteroatoms. The maximum Gasteiger partial charge on any atom is 0.274 e. The van der Waals surface area contributed by atoms with Crippen LogP contribution < -0.4 is 5.32 Å². The second-order valence-corrected chi connectivity index (χ2v) is 7.60. The summed E-state index contributed by atoms with van der Waals surface area (Å²) in [5, 5.41) is 7.86. The first kappa shape index (κ1) is 22.2. The monoisotopic (exact) mass is 435 g/mol. The van der Waals surface area contributed by atoms with Crippen LogP contribution in [0, 0.1) is 5.82 Å². The van der Waals surface area contributed by atoms with E-state index in [4.69, 9.17) is 0 Å². The number of carbonyl (C=O) groups is 2. The fourth-order valence-corrected chi connectivity index (χ4v) is 4.01. The molecule has 2 aromatic rings. The summed E-state index contributed by atoms with van der Waals surface area (Å²) in [4.78, 5) is 28.9. The molecule has 2 saturated heterocycles. The van der Waals surface area contributed by atoms with E-state index >= 15 is 0 Å². The molecule has 2 aliphatic heterocycles. The van der Waals surface area contributed by atoms with Gasteiger partial charge in [0.15, 0.2) is 0 Å². The molecular weight excluding hydrogens is 409 g/mol. The second kappa shape index (κ2) is 10.0. The molecule has 1 aromatic heterocycles. The quantitative estimate of drug-likeness (QED) is 0.803. The van der Waals surface area contributed by atoms with Gasteiger partial charge in [0, 0.05) is 38.9 Å². The van der Waals surface area contributed by atoms with Crippen molar-refractivity contribution in [3.63, 3.8) is 0 Å². The molecular formula is C21H27ClFN5O2. The Morgan fingerprint density at radius 3 is 2.43 bits per heavy atom. The summed E-state index contributed by atoms with van der Waals surface area (Å²) in [6, 6.07) is 8.06. The van der Waals surface area contributed by atoms with Crippen LogP contribution in [0.1, 0.15) is 46.2 Å². The van der Waals surface area contributed by atoms with Crippen molar-refractivity contribution in [1.82, 2.24) is 24.9 Å². The van der Waals surface area contributed by atoms with Crippen LogP contribution >= 0.6 is 12.4 Å². The van der Waals surface area contributed by atoms with Crippen molar-refractivity contribution < 1.29 is 14.0 Å². The normalized spacial score (nSPS) is 19.7. The third-order valence-electron chi connectivity index (χ3n) is 5.65. The Hall–Kier alpha value is -2.45. The topological polar surface area (TPSA) is 70.5 Å². The zero-order valence-corrected chi connectivity index (χ0v) is 17.6. The van der Waals surface area contributed by atoms with Gasteiger partial charge in [0.25, 0.3) is 11.8 Å². The number of carbonyl (C=O) groups excluding carboxylic acids is 2. The molecule has 4 rings (SSSR count). The molecule has 30 heavy (non-hydrogen) atoms. The number of nitrogens with zero attached hydrogens (tertiary/aromatic N) is 4. The number of benzene rings is 1. The van der Waals surface area contributed by atoms with Gasteiger partial charge in [0.1, 0.15) is 11.5 Å². The Morgan fingerprint density at radius 1 is 1.00 bits per heavy atom. The highest BCUT2D eigenvalue weighted by molar-refractivity contribution is 5.95. The van der Waals surface area contributed by atoms with Crippen molar-refractivity contribution >= 4 is 24.2 Å². The lowest BCUT2D eigenvalue weighted by Gasteiger charge is -2.23. The van der Waals surface area contributed by atoms with Gasteiger partial charge in [0.05, 0.1) is 11.6 Å². The van der Waals surface area contributed by atoms with Gasteiger partial charge in [-0.15, -0.1) is 12.4 Å². The standard InChI is InChI=1S/C21H26FN5O2.ClH/c22-18-7-2-1-6-17(18)20(28)25-10-4-11-26(14-13-25)21(29)19-8-12-27(24-19)16-5-3-9-23-15-16;/h1-2,6-8,12,16,23H,3-5,9-11,13-15H2;1H. The first-order chi connectivity index (χ1) is 14.1. The first-order valence-electron chi connectivity index (χ1n) is 10.2. The van der Waals surface area contributed by atoms with E-state index < -0.39 is 5.82 Å². The zero-order valence-electron chi connectivity index (χ0n) is 16.8. The average Bonchev–Trinajstić information content (AvgIpc) is 3.12. The van der Waals surface area contributed by atoms with E-state index in [1.807, 2.05) is 10.9 Å². The number of hydrogen-bond donors (Lipinski definition) is 1. The Kier molecular flexibility index (Phi) is 7.44. The molecule has 0 spiro atoms. The fourth-order valence-electron chi connectivity index (χ4n) is 4.01. The van der Waals surface area contributed by atoms with E-state index in [2.05, 4.69) is 10.4 Å². The van der Waals surface area contributed by atoms with Gasteiger partial charge >= 0.3 is 0 Å². The number of halogens is 2. The summed E-state index contributed by atoms with van der Waals surface area (Å²) in [6.45, 7) is 3.74. The van der Waals surface area contributed by atoms with Crippen LogP contribution in [0.15, 0.2) is 36.5 Å². The summed E-state index contributed by atoms with van der Waals surface area (Å²) in [7, 11) is 0. The SMILES string of the molecule is Cl.O=C(c1ccn(C2CCCNC2)n1)N1CCCN(C(=O)c2ccccc2F)CC1. The average molecular weight is 436 g/mol. The fraction of sp³-hybridized carbons (Fsp3) is 0.476. The lowest BCUT2D eigenvalue weighted by atomic mass is 10.1. The molecule has 3 heterocycles. The maximum absolute atomic E-state index is 14.0. The van der Waals surface area contributed by atoms with Gasteiger partial charge < -0.3 is 15.1 Å². The number of rotatable bonds is 3. The third kappa shape index (κ3) is 4.82. The van der Waals surface area contributed by atoms with Crippen molar-refractivity contribution in [1.29, 1.82) is 0 Å². The number of amides is 2. The van der Waals surface area contributed by atoms with Crippen LogP contribution in [-0.2, 0) is 0 Å². The molecule has 0 radical (unpaired) electrons. The summed E-state index contributed by atoms with van der Waals surface area (Å²) in [5.74, 6) is -0.961. The Morgan fingerprint density at radius 2 is 1.73 bits per heavy atom. The van der Waals surface area contributed by atoms with Crippen LogP contribution in [0.25, 0.3) is 0 Å². The van der Waals surface area contributed by atoms with Crippen molar-refractivity contribution in [2.24, 2.45) is 0 Å². The highest BCUT2D eigenvalue weighted by atomic mass is 35.5. The number of aromatic nitrogens is 2. The molecule has 1 atom stereocenters. The summed E-state index contributed by atoms with van der Waals surface area (Å²) >= 11 is 0. The molecule has 0 aliphatic carbocycles. The van der Waals surface area contributed by atoms with Crippen molar-refractivity contribution in [2.45, 2.75) is 25.3 Å². The first-order valence-corrected chi connectivity index (χ1v) is 10.2. The smallest absolute Gasteiger partial charge is 0.274 e. The lowest BCUT2D eigenvalue weighted by Crippen LogP contribution is -2.38. The summed E-state index contributed by atoms with van der Waals surface area (Å²) < 4.78 is 15.8. The minimum absolute atomic E-state index is 0. The van der Waals surface area contributed by atoms with E-state index in [1.165, 1.54) is 12.1 Å². The molecule has 2 amide bonds. The highest BCUT2D eigenvalue weighted by Crippen LogP contribution is 2.17. The van der Waals surface area contributed by atoms with Gasteiger partial charge in [-0.1, -0.05) is 12.1 Å². The molecule has 1 unspecified atom stereocenters. The van der Waals surface area contributed by atoms with Crippen LogP contribution in [0.5, 0.6) is 0 Å². The van der Waals surface area contributed by atoms with Crippen LogP contribution in [0.3, 0.4) is 0 Å². The Balaban J connectivity index is 0.00000256. The minimum Gasteiger partial charge on any atom is -0.337 e. The van der Waals surface area contributed by atoms with Crippen molar-refractivity contribution in [3.8, 4) is 0 Å². The molecule has 0 saturated carbocycles. The van der Waals surface area contributed by atoms with Crippen molar-refractivity contribution in [2.75, 3.05) is 39.3 Å². The number of piperidine rings is 1. The van der Waals surface area contributed by atoms with E-state index in [0.717, 1.165) is 25.9 Å². The second-order valence-electron chi connectivity index (χ2n) is 7.60. The van der Waals surface area contributed by atoms with E-state index in [0.29, 0.717) is 38.3 Å². The molecule has 1 aromatic carbocycles. The third-order valence-corrected chi connectivity index (χ3v) is 5.65. The predicted molar refractivity (Wildman–Crippen MR) is 113 cm³/mol. The van der Waals surface area contributed by atoms with E-state index in [1.54, 1.807) is 28.0 Å². The molecule has 1 N–H and O–H groups in total. The molecule has 162 valence electrons. The number of nitrogens with one attached hydrogen (secondary N) is 1. The summed E-state index contributed by atoms with van der Waals surface area (Å²) in [6.07, 6.45) is 4.68. The highest BCUT2D eigenvalue weighted by Gasteiger charge is 2.26. The largest absolute Gasteiger partial charge is 0.337 e. The van der Waals surface area contributed by atoms with Gasteiger partial charge in [0.2, 0.25) is 0 Å². The number of hydrogen-bond acceptors (Lipinski definition) is 4. The van der Waals surface area contributed by atoms with Crippen LogP contribution in [0.4, 0.5) is 4.39 Å². The van der Waals surface area contributed by atoms with Gasteiger partial charge in [-0.3, -0.25) is 14.3 Å². The van der Waals surface area contributed by atoms with Gasteiger partial charge in [-0.2, -0.15) is 5.10 Å². The Bertz CT molecular complexity index is 884. The van der Waals surface area contributed by atoms with E-state index in [-0.39, 0.29) is 35.8 Å². The maximum atomic E-state index is 14.0. The minimum atomic E-state index is -0.516. The molecule has 0 bridgehead atoms. The van der Waals surface area contributed by atoms with Crippen LogP contribution in [-0.4, -0.2) is 70.7 Å². The predicted octanol–water partition coefficient (Wildman–Crippen LogP) is 2.36. The molecule has 2 aliphatic rings.